The number of ether oxygens (including phenoxy) is 1. The van der Waals surface area contributed by atoms with Crippen LogP contribution in [0, 0.1) is 0 Å². The zero-order valence-electron chi connectivity index (χ0n) is 9.60. The van der Waals surface area contributed by atoms with Gasteiger partial charge in [-0.2, -0.15) is 0 Å². The number of hydrogen-bond donors (Lipinski definition) is 2. The first-order chi connectivity index (χ1) is 8.61. The Bertz CT molecular complexity index is 494. The Labute approximate surface area is 109 Å². The maximum Gasteiger partial charge on any atom is 0.335 e. The molecule has 6 heteroatoms. The van der Waals surface area contributed by atoms with E-state index < -0.39 is 5.97 Å². The van der Waals surface area contributed by atoms with Gasteiger partial charge in [0.05, 0.1) is 23.8 Å². The molecule has 0 spiro atoms. The molecule has 1 aromatic heterocycles. The van der Waals surface area contributed by atoms with Crippen LogP contribution in [-0.4, -0.2) is 34.3 Å². The van der Waals surface area contributed by atoms with E-state index in [0.717, 1.165) is 19.3 Å². The number of aromatic carboxylic acids is 1. The number of fused-ring (bicyclic) bond motifs is 2. The Morgan fingerprint density at radius 3 is 2.94 bits per heavy atom. The van der Waals surface area contributed by atoms with Crippen LogP contribution in [-0.2, 0) is 4.74 Å². The van der Waals surface area contributed by atoms with E-state index in [1.165, 1.54) is 12.1 Å². The van der Waals surface area contributed by atoms with Gasteiger partial charge >= 0.3 is 5.97 Å². The van der Waals surface area contributed by atoms with Gasteiger partial charge in [-0.3, -0.25) is 0 Å². The highest BCUT2D eigenvalue weighted by Gasteiger charge is 2.40. The Balaban J connectivity index is 1.78. The van der Waals surface area contributed by atoms with E-state index in [4.69, 9.17) is 21.4 Å². The monoisotopic (exact) mass is 268 g/mol. The fraction of sp³-hybridized carbons (Fsp3) is 0.500. The van der Waals surface area contributed by atoms with Gasteiger partial charge in [0.1, 0.15) is 11.0 Å². The van der Waals surface area contributed by atoms with Crippen molar-refractivity contribution in [2.45, 2.75) is 37.5 Å². The van der Waals surface area contributed by atoms with E-state index in [-0.39, 0.29) is 22.9 Å². The number of anilines is 1. The largest absolute Gasteiger partial charge is 0.478 e. The molecule has 2 aliphatic rings. The molecule has 0 aliphatic carbocycles. The summed E-state index contributed by atoms with van der Waals surface area (Å²) >= 11 is 5.81. The van der Waals surface area contributed by atoms with Crippen molar-refractivity contribution >= 4 is 23.4 Å². The summed E-state index contributed by atoms with van der Waals surface area (Å²) < 4.78 is 5.73. The van der Waals surface area contributed by atoms with Crippen molar-refractivity contribution in [3.05, 3.63) is 22.8 Å². The lowest BCUT2D eigenvalue weighted by Crippen LogP contribution is -2.30. The Morgan fingerprint density at radius 2 is 2.33 bits per heavy atom. The molecule has 0 amide bonds. The molecule has 1 aromatic rings. The van der Waals surface area contributed by atoms with Crippen molar-refractivity contribution in [3.63, 3.8) is 0 Å². The summed E-state index contributed by atoms with van der Waals surface area (Å²) in [7, 11) is 0. The van der Waals surface area contributed by atoms with Crippen molar-refractivity contribution in [2.24, 2.45) is 0 Å². The minimum atomic E-state index is -1.01. The predicted octanol–water partition coefficient (Wildman–Crippen LogP) is 2.17. The SMILES string of the molecule is O=C(O)c1cc(Cl)nc(NC2CC3CCC2O3)c1. The molecule has 3 rings (SSSR count). The van der Waals surface area contributed by atoms with Crippen LogP contribution in [0.5, 0.6) is 0 Å². The number of carboxylic acid groups (broad SMARTS) is 1. The normalized spacial score (nSPS) is 29.5. The fourth-order valence-corrected chi connectivity index (χ4v) is 2.88. The molecule has 3 heterocycles. The summed E-state index contributed by atoms with van der Waals surface area (Å²) in [5.41, 5.74) is 0.140. The van der Waals surface area contributed by atoms with Crippen molar-refractivity contribution in [1.29, 1.82) is 0 Å². The van der Waals surface area contributed by atoms with Gasteiger partial charge < -0.3 is 15.2 Å². The lowest BCUT2D eigenvalue weighted by atomic mass is 9.95. The zero-order chi connectivity index (χ0) is 12.7. The molecular weight excluding hydrogens is 256 g/mol. The second-order valence-corrected chi connectivity index (χ2v) is 5.12. The highest BCUT2D eigenvalue weighted by molar-refractivity contribution is 6.29. The molecule has 2 N–H and O–H groups in total. The maximum atomic E-state index is 10.9. The molecule has 18 heavy (non-hydrogen) atoms. The Morgan fingerprint density at radius 1 is 1.50 bits per heavy atom. The Kier molecular flexibility index (Phi) is 2.87. The minimum absolute atomic E-state index is 0.140. The van der Waals surface area contributed by atoms with Gasteiger partial charge in [0.25, 0.3) is 0 Å². The number of carbonyl (C=O) groups is 1. The van der Waals surface area contributed by atoms with E-state index in [1.807, 2.05) is 0 Å². The molecule has 0 radical (unpaired) electrons. The third-order valence-corrected chi connectivity index (χ3v) is 3.67. The van der Waals surface area contributed by atoms with Gasteiger partial charge in [-0.05, 0) is 31.4 Å². The number of rotatable bonds is 3. The topological polar surface area (TPSA) is 71.5 Å². The van der Waals surface area contributed by atoms with E-state index in [1.54, 1.807) is 0 Å². The van der Waals surface area contributed by atoms with Gasteiger partial charge in [-0.1, -0.05) is 11.6 Å². The van der Waals surface area contributed by atoms with Crippen molar-refractivity contribution in [2.75, 3.05) is 5.32 Å². The maximum absolute atomic E-state index is 10.9. The summed E-state index contributed by atoms with van der Waals surface area (Å²) in [6.45, 7) is 0. The molecule has 0 aromatic carbocycles. The van der Waals surface area contributed by atoms with E-state index >= 15 is 0 Å². The van der Waals surface area contributed by atoms with Gasteiger partial charge in [0, 0.05) is 0 Å². The predicted molar refractivity (Wildman–Crippen MR) is 66.1 cm³/mol. The summed E-state index contributed by atoms with van der Waals surface area (Å²) in [5.74, 6) is -0.507. The van der Waals surface area contributed by atoms with E-state index in [2.05, 4.69) is 10.3 Å². The molecule has 2 bridgehead atoms. The number of nitrogens with zero attached hydrogens (tertiary/aromatic N) is 1. The standard InChI is InChI=1S/C12H13ClN2O3/c13-10-3-6(12(16)17)4-11(15-10)14-8-5-7-1-2-9(8)18-7/h3-4,7-9H,1-2,5H2,(H,14,15)(H,16,17). The smallest absolute Gasteiger partial charge is 0.335 e. The molecule has 5 nitrogen and oxygen atoms in total. The molecule has 2 aliphatic heterocycles. The van der Waals surface area contributed by atoms with Crippen LogP contribution in [0.25, 0.3) is 0 Å². The second-order valence-electron chi connectivity index (χ2n) is 4.73. The van der Waals surface area contributed by atoms with E-state index in [9.17, 15) is 4.79 Å². The molecule has 2 saturated heterocycles. The third-order valence-electron chi connectivity index (χ3n) is 3.48. The van der Waals surface area contributed by atoms with Crippen molar-refractivity contribution in [1.82, 2.24) is 4.98 Å². The third kappa shape index (κ3) is 2.15. The summed E-state index contributed by atoms with van der Waals surface area (Å²) in [5, 5.41) is 12.4. The van der Waals surface area contributed by atoms with Crippen LogP contribution in [0.1, 0.15) is 29.6 Å². The first kappa shape index (κ1) is 11.7. The van der Waals surface area contributed by atoms with Gasteiger partial charge in [-0.15, -0.1) is 0 Å². The highest BCUT2D eigenvalue weighted by atomic mass is 35.5. The molecule has 3 unspecified atom stereocenters. The number of aromatic nitrogens is 1. The average Bonchev–Trinajstić information content (AvgIpc) is 2.90. The van der Waals surface area contributed by atoms with Crippen LogP contribution in [0.2, 0.25) is 5.15 Å². The quantitative estimate of drug-likeness (QED) is 0.822. The molecule has 96 valence electrons. The second kappa shape index (κ2) is 4.40. The molecular formula is C12H13ClN2O3. The van der Waals surface area contributed by atoms with Crippen LogP contribution in [0.4, 0.5) is 5.82 Å². The number of hydrogen-bond acceptors (Lipinski definition) is 4. The average molecular weight is 269 g/mol. The van der Waals surface area contributed by atoms with Gasteiger partial charge in [0.2, 0.25) is 0 Å². The summed E-state index contributed by atoms with van der Waals surface area (Å²) in [6.07, 6.45) is 3.66. The summed E-state index contributed by atoms with van der Waals surface area (Å²) in [6, 6.07) is 3.04. The highest BCUT2D eigenvalue weighted by Crippen LogP contribution is 2.35. The van der Waals surface area contributed by atoms with Crippen LogP contribution in [0.15, 0.2) is 12.1 Å². The number of nitrogens with one attached hydrogen (secondary N) is 1. The lowest BCUT2D eigenvalue weighted by Gasteiger charge is -2.20. The number of pyridine rings is 1. The molecule has 3 atom stereocenters. The fourth-order valence-electron chi connectivity index (χ4n) is 2.67. The van der Waals surface area contributed by atoms with Crippen molar-refractivity contribution in [3.8, 4) is 0 Å². The van der Waals surface area contributed by atoms with Crippen LogP contribution < -0.4 is 5.32 Å². The van der Waals surface area contributed by atoms with Crippen LogP contribution >= 0.6 is 11.6 Å². The number of carboxylic acids is 1. The summed E-state index contributed by atoms with van der Waals surface area (Å²) in [4.78, 5) is 15.0. The number of halogens is 1. The van der Waals surface area contributed by atoms with E-state index in [0.29, 0.717) is 11.9 Å². The molecule has 2 fully saturated rings. The minimum Gasteiger partial charge on any atom is -0.478 e. The van der Waals surface area contributed by atoms with Gasteiger partial charge in [0.15, 0.2) is 0 Å². The van der Waals surface area contributed by atoms with Gasteiger partial charge in [-0.25, -0.2) is 9.78 Å². The molecule has 0 saturated carbocycles. The van der Waals surface area contributed by atoms with Crippen LogP contribution in [0.3, 0.4) is 0 Å². The first-order valence-electron chi connectivity index (χ1n) is 5.95. The Hall–Kier alpha value is -1.33. The van der Waals surface area contributed by atoms with Crippen molar-refractivity contribution < 1.29 is 14.6 Å². The lowest BCUT2D eigenvalue weighted by molar-refractivity contribution is 0.0697. The zero-order valence-corrected chi connectivity index (χ0v) is 10.4. The first-order valence-corrected chi connectivity index (χ1v) is 6.32.